The van der Waals surface area contributed by atoms with E-state index >= 15 is 0 Å². The Morgan fingerprint density at radius 1 is 1.33 bits per heavy atom. The van der Waals surface area contributed by atoms with Crippen LogP contribution in [-0.4, -0.2) is 23.0 Å². The van der Waals surface area contributed by atoms with E-state index in [2.05, 4.69) is 5.32 Å². The molecule has 0 unspecified atom stereocenters. The van der Waals surface area contributed by atoms with E-state index < -0.39 is 12.0 Å². The largest absolute Gasteiger partial charge is 0.480 e. The van der Waals surface area contributed by atoms with Crippen molar-refractivity contribution < 1.29 is 14.7 Å². The van der Waals surface area contributed by atoms with Crippen molar-refractivity contribution >= 4 is 43.9 Å². The van der Waals surface area contributed by atoms with Gasteiger partial charge in [0.1, 0.15) is 6.04 Å². The Kier molecular flexibility index (Phi) is 3.68. The van der Waals surface area contributed by atoms with Crippen molar-refractivity contribution in [2.45, 2.75) is 19.9 Å². The molecule has 2 rings (SSSR count). The van der Waals surface area contributed by atoms with Crippen molar-refractivity contribution in [3.63, 3.8) is 0 Å². The van der Waals surface area contributed by atoms with Crippen LogP contribution in [0.3, 0.4) is 0 Å². The number of carboxylic acids is 1. The van der Waals surface area contributed by atoms with E-state index in [-0.39, 0.29) is 11.8 Å². The molecule has 2 heterocycles. The Morgan fingerprint density at radius 3 is 2.61 bits per heavy atom. The Bertz CT molecular complexity index is 556. The van der Waals surface area contributed by atoms with Crippen LogP contribution in [0.25, 0.3) is 9.40 Å². The number of thiophene rings is 2. The first-order valence-corrected chi connectivity index (χ1v) is 7.19. The third-order valence-corrected chi connectivity index (χ3v) is 4.67. The van der Waals surface area contributed by atoms with Gasteiger partial charge < -0.3 is 10.4 Å². The Labute approximate surface area is 112 Å². The summed E-state index contributed by atoms with van der Waals surface area (Å²) in [7, 11) is 0. The molecule has 2 aromatic rings. The van der Waals surface area contributed by atoms with Crippen molar-refractivity contribution in [1.82, 2.24) is 5.32 Å². The summed E-state index contributed by atoms with van der Waals surface area (Å²) in [6, 6.07) is 2.91. The molecule has 2 aromatic heterocycles. The van der Waals surface area contributed by atoms with E-state index in [1.165, 1.54) is 11.3 Å². The molecule has 18 heavy (non-hydrogen) atoms. The minimum atomic E-state index is -1.00. The highest BCUT2D eigenvalue weighted by Crippen LogP contribution is 2.29. The second-order valence-electron chi connectivity index (χ2n) is 4.29. The SMILES string of the molecule is CC(C)[C@H](NC(=O)c1cc2sccc2s1)C(=O)O. The Balaban J connectivity index is 2.16. The molecule has 1 atom stereocenters. The molecule has 6 heteroatoms. The number of hydrogen-bond donors (Lipinski definition) is 2. The van der Waals surface area contributed by atoms with Crippen molar-refractivity contribution in [3.05, 3.63) is 22.4 Å². The molecule has 0 aliphatic heterocycles. The summed E-state index contributed by atoms with van der Waals surface area (Å²) >= 11 is 2.95. The van der Waals surface area contributed by atoms with E-state index in [9.17, 15) is 9.59 Å². The molecule has 0 bridgehead atoms. The van der Waals surface area contributed by atoms with Crippen LogP contribution in [-0.2, 0) is 4.79 Å². The van der Waals surface area contributed by atoms with Crippen LogP contribution in [0.15, 0.2) is 17.5 Å². The predicted octanol–water partition coefficient (Wildman–Crippen LogP) is 2.80. The first kappa shape index (κ1) is 13.0. The van der Waals surface area contributed by atoms with E-state index in [4.69, 9.17) is 5.11 Å². The van der Waals surface area contributed by atoms with Gasteiger partial charge in [-0.25, -0.2) is 4.79 Å². The first-order chi connectivity index (χ1) is 8.49. The van der Waals surface area contributed by atoms with Crippen LogP contribution in [0.4, 0.5) is 0 Å². The van der Waals surface area contributed by atoms with E-state index in [1.807, 2.05) is 11.4 Å². The number of carbonyl (C=O) groups excluding carboxylic acids is 1. The second kappa shape index (κ2) is 5.07. The van der Waals surface area contributed by atoms with E-state index in [1.54, 1.807) is 31.3 Å². The topological polar surface area (TPSA) is 66.4 Å². The summed E-state index contributed by atoms with van der Waals surface area (Å²) in [5.41, 5.74) is 0. The van der Waals surface area contributed by atoms with Gasteiger partial charge in [-0.3, -0.25) is 4.79 Å². The summed E-state index contributed by atoms with van der Waals surface area (Å²) in [6.45, 7) is 3.54. The summed E-state index contributed by atoms with van der Waals surface area (Å²) in [4.78, 5) is 23.6. The first-order valence-electron chi connectivity index (χ1n) is 5.49. The monoisotopic (exact) mass is 283 g/mol. The lowest BCUT2D eigenvalue weighted by atomic mass is 10.0. The molecule has 96 valence electrons. The zero-order chi connectivity index (χ0) is 13.3. The summed E-state index contributed by atoms with van der Waals surface area (Å²) in [5.74, 6) is -1.46. The maximum absolute atomic E-state index is 12.0. The van der Waals surface area contributed by atoms with Gasteiger partial charge in [-0.1, -0.05) is 13.8 Å². The number of carboxylic acid groups (broad SMARTS) is 1. The lowest BCUT2D eigenvalue weighted by Gasteiger charge is -2.17. The lowest BCUT2D eigenvalue weighted by Crippen LogP contribution is -2.44. The molecule has 2 N–H and O–H groups in total. The minimum absolute atomic E-state index is 0.146. The Hall–Kier alpha value is -1.40. The summed E-state index contributed by atoms with van der Waals surface area (Å²) in [6.07, 6.45) is 0. The predicted molar refractivity (Wildman–Crippen MR) is 73.4 cm³/mol. The fourth-order valence-corrected chi connectivity index (χ4v) is 3.62. The van der Waals surface area contributed by atoms with Crippen LogP contribution >= 0.6 is 22.7 Å². The fraction of sp³-hybridized carbons (Fsp3) is 0.333. The maximum Gasteiger partial charge on any atom is 0.326 e. The van der Waals surface area contributed by atoms with Crippen molar-refractivity contribution in [1.29, 1.82) is 0 Å². The van der Waals surface area contributed by atoms with Gasteiger partial charge in [-0.05, 0) is 23.4 Å². The van der Waals surface area contributed by atoms with Gasteiger partial charge in [0.15, 0.2) is 0 Å². The van der Waals surface area contributed by atoms with Gasteiger partial charge in [-0.15, -0.1) is 22.7 Å². The lowest BCUT2D eigenvalue weighted by molar-refractivity contribution is -0.140. The molecule has 0 aliphatic carbocycles. The highest BCUT2D eigenvalue weighted by molar-refractivity contribution is 7.27. The summed E-state index contributed by atoms with van der Waals surface area (Å²) in [5, 5.41) is 13.6. The zero-order valence-corrected chi connectivity index (χ0v) is 11.6. The van der Waals surface area contributed by atoms with E-state index in [0.717, 1.165) is 9.40 Å². The molecular formula is C12H13NO3S2. The smallest absolute Gasteiger partial charge is 0.326 e. The fourth-order valence-electron chi connectivity index (χ4n) is 1.60. The molecule has 0 radical (unpaired) electrons. The molecule has 0 saturated heterocycles. The molecule has 0 aromatic carbocycles. The number of rotatable bonds is 4. The molecular weight excluding hydrogens is 270 g/mol. The standard InChI is InChI=1S/C12H13NO3S2/c1-6(2)10(12(15)16)13-11(14)9-5-8-7(18-9)3-4-17-8/h3-6,10H,1-2H3,(H,13,14)(H,15,16)/t10-/m0/s1. The number of amides is 1. The number of carbonyl (C=O) groups is 2. The third kappa shape index (κ3) is 2.54. The quantitative estimate of drug-likeness (QED) is 0.906. The zero-order valence-electron chi connectivity index (χ0n) is 9.97. The molecule has 1 amide bonds. The van der Waals surface area contributed by atoms with Gasteiger partial charge in [0.2, 0.25) is 0 Å². The Morgan fingerprint density at radius 2 is 2.06 bits per heavy atom. The number of fused-ring (bicyclic) bond motifs is 1. The second-order valence-corrected chi connectivity index (χ2v) is 6.32. The van der Waals surface area contributed by atoms with Gasteiger partial charge in [0, 0.05) is 9.40 Å². The highest BCUT2D eigenvalue weighted by Gasteiger charge is 2.24. The molecule has 0 fully saturated rings. The summed E-state index contributed by atoms with van der Waals surface area (Å²) < 4.78 is 2.11. The minimum Gasteiger partial charge on any atom is -0.480 e. The van der Waals surface area contributed by atoms with Crippen molar-refractivity contribution in [2.75, 3.05) is 0 Å². The van der Waals surface area contributed by atoms with Gasteiger partial charge in [-0.2, -0.15) is 0 Å². The van der Waals surface area contributed by atoms with Gasteiger partial charge >= 0.3 is 5.97 Å². The normalized spacial score (nSPS) is 12.8. The van der Waals surface area contributed by atoms with Crippen molar-refractivity contribution in [2.24, 2.45) is 5.92 Å². The molecule has 0 spiro atoms. The van der Waals surface area contributed by atoms with Gasteiger partial charge in [0.05, 0.1) is 4.88 Å². The molecule has 0 aliphatic rings. The number of nitrogens with one attached hydrogen (secondary N) is 1. The van der Waals surface area contributed by atoms with E-state index in [0.29, 0.717) is 4.88 Å². The molecule has 0 saturated carbocycles. The average Bonchev–Trinajstić information content (AvgIpc) is 2.84. The van der Waals surface area contributed by atoms with Crippen molar-refractivity contribution in [3.8, 4) is 0 Å². The molecule has 4 nitrogen and oxygen atoms in total. The van der Waals surface area contributed by atoms with Crippen LogP contribution in [0, 0.1) is 5.92 Å². The number of aliphatic carboxylic acids is 1. The average molecular weight is 283 g/mol. The van der Waals surface area contributed by atoms with Crippen LogP contribution < -0.4 is 5.32 Å². The third-order valence-electron chi connectivity index (χ3n) is 2.58. The maximum atomic E-state index is 12.0. The van der Waals surface area contributed by atoms with Crippen LogP contribution in [0.1, 0.15) is 23.5 Å². The van der Waals surface area contributed by atoms with Crippen LogP contribution in [0.5, 0.6) is 0 Å². The highest BCUT2D eigenvalue weighted by atomic mass is 32.1. The van der Waals surface area contributed by atoms with Crippen LogP contribution in [0.2, 0.25) is 0 Å². The van der Waals surface area contributed by atoms with Gasteiger partial charge in [0.25, 0.3) is 5.91 Å². The number of hydrogen-bond acceptors (Lipinski definition) is 4.